The van der Waals surface area contributed by atoms with Gasteiger partial charge in [-0.3, -0.25) is 0 Å². The molecular weight excluding hydrogens is 537 g/mol. The number of anilines is 1. The van der Waals surface area contributed by atoms with Crippen molar-refractivity contribution in [1.29, 1.82) is 5.26 Å². The molecule has 1 unspecified atom stereocenters. The highest BCUT2D eigenvalue weighted by Gasteiger charge is 2.22. The van der Waals surface area contributed by atoms with Gasteiger partial charge in [-0.2, -0.15) is 5.26 Å². The van der Waals surface area contributed by atoms with E-state index in [1.54, 1.807) is 0 Å². The highest BCUT2D eigenvalue weighted by molar-refractivity contribution is 14.0. The molecule has 1 aliphatic heterocycles. The molecule has 2 N–H and O–H groups in total. The molecule has 3 aromatic rings. The summed E-state index contributed by atoms with van der Waals surface area (Å²) in [6.07, 6.45) is 5.97. The molecule has 34 heavy (non-hydrogen) atoms. The summed E-state index contributed by atoms with van der Waals surface area (Å²) in [5.74, 6) is 1.73. The summed E-state index contributed by atoms with van der Waals surface area (Å²) in [6.45, 7) is 5.95. The molecule has 0 spiro atoms. The zero-order valence-corrected chi connectivity index (χ0v) is 21.9. The first-order valence-electron chi connectivity index (χ1n) is 11.6. The van der Waals surface area contributed by atoms with E-state index in [1.807, 2.05) is 42.7 Å². The fraction of sp³-hybridized carbons (Fsp3) is 0.346. The van der Waals surface area contributed by atoms with Gasteiger partial charge in [-0.05, 0) is 37.5 Å². The van der Waals surface area contributed by atoms with Gasteiger partial charge in [-0.25, -0.2) is 9.98 Å². The van der Waals surface area contributed by atoms with Crippen LogP contribution in [0.3, 0.4) is 0 Å². The van der Waals surface area contributed by atoms with E-state index in [0.29, 0.717) is 6.54 Å². The molecule has 2 aromatic carbocycles. The Morgan fingerprint density at radius 2 is 1.97 bits per heavy atom. The molecule has 178 valence electrons. The molecule has 0 aliphatic carbocycles. The predicted molar refractivity (Wildman–Crippen MR) is 148 cm³/mol. The zero-order valence-electron chi connectivity index (χ0n) is 19.5. The van der Waals surface area contributed by atoms with Gasteiger partial charge < -0.3 is 20.1 Å². The van der Waals surface area contributed by atoms with Gasteiger partial charge in [0.15, 0.2) is 5.96 Å². The van der Waals surface area contributed by atoms with E-state index in [-0.39, 0.29) is 30.0 Å². The number of aromatic nitrogens is 2. The minimum absolute atomic E-state index is 0. The molecule has 0 saturated carbocycles. The molecule has 0 bridgehead atoms. The van der Waals surface area contributed by atoms with Gasteiger partial charge in [0.2, 0.25) is 0 Å². The summed E-state index contributed by atoms with van der Waals surface area (Å²) >= 11 is 0. The molecule has 0 radical (unpaired) electrons. The van der Waals surface area contributed by atoms with Crippen LogP contribution in [-0.2, 0) is 13.1 Å². The normalized spacial score (nSPS) is 15.8. The standard InChI is InChI=1S/C26H31N7.HI/c1-2-28-26(30-18-25-29-14-16-33(25)19-21-9-4-3-5-10-21)31-23-12-8-15-32(20-23)24-13-7-6-11-22(24)17-27;/h3-7,9-11,13-14,16,23H,2,8,12,15,18-20H2,1H3,(H2,28,30,31);1H. The van der Waals surface area contributed by atoms with Crippen molar-refractivity contribution in [2.75, 3.05) is 24.5 Å². The Hall–Kier alpha value is -3.06. The average molecular weight is 569 g/mol. The lowest BCUT2D eigenvalue weighted by molar-refractivity contribution is 0.467. The van der Waals surface area contributed by atoms with Crippen LogP contribution in [0.5, 0.6) is 0 Å². The number of hydrogen-bond donors (Lipinski definition) is 2. The number of nitriles is 1. The van der Waals surface area contributed by atoms with Crippen molar-refractivity contribution >= 4 is 35.6 Å². The Labute approximate surface area is 218 Å². The average Bonchev–Trinajstić information content (AvgIpc) is 3.30. The lowest BCUT2D eigenvalue weighted by atomic mass is 10.0. The van der Waals surface area contributed by atoms with E-state index in [2.05, 4.69) is 62.3 Å². The maximum Gasteiger partial charge on any atom is 0.191 e. The number of guanidine groups is 1. The van der Waals surface area contributed by atoms with Gasteiger partial charge in [-0.1, -0.05) is 42.5 Å². The number of nitrogens with one attached hydrogen (secondary N) is 2. The summed E-state index contributed by atoms with van der Waals surface area (Å²) < 4.78 is 2.14. The van der Waals surface area contributed by atoms with Crippen LogP contribution >= 0.6 is 24.0 Å². The third-order valence-electron chi connectivity index (χ3n) is 5.85. The first-order valence-corrected chi connectivity index (χ1v) is 11.6. The summed E-state index contributed by atoms with van der Waals surface area (Å²) in [5.41, 5.74) is 2.98. The molecule has 0 amide bonds. The topological polar surface area (TPSA) is 81.3 Å². The van der Waals surface area contributed by atoms with Crippen molar-refractivity contribution in [2.24, 2.45) is 4.99 Å². The summed E-state index contributed by atoms with van der Waals surface area (Å²) in [5, 5.41) is 16.4. The minimum atomic E-state index is 0. The van der Waals surface area contributed by atoms with Crippen LogP contribution in [0.1, 0.15) is 36.7 Å². The van der Waals surface area contributed by atoms with E-state index < -0.39 is 0 Å². The summed E-state index contributed by atoms with van der Waals surface area (Å²) in [4.78, 5) is 11.6. The van der Waals surface area contributed by atoms with Gasteiger partial charge in [0.05, 0.1) is 11.3 Å². The third kappa shape index (κ3) is 6.73. The number of imidazole rings is 1. The Balaban J connectivity index is 0.00000324. The first-order chi connectivity index (χ1) is 16.3. The third-order valence-corrected chi connectivity index (χ3v) is 5.85. The molecule has 1 saturated heterocycles. The molecule has 7 nitrogen and oxygen atoms in total. The Morgan fingerprint density at radius 3 is 2.76 bits per heavy atom. The Bertz CT molecular complexity index is 1100. The number of halogens is 1. The van der Waals surface area contributed by atoms with Crippen molar-refractivity contribution in [3.05, 3.63) is 83.9 Å². The lowest BCUT2D eigenvalue weighted by Crippen LogP contribution is -2.51. The van der Waals surface area contributed by atoms with Crippen LogP contribution in [0.15, 0.2) is 72.0 Å². The molecule has 4 rings (SSSR count). The van der Waals surface area contributed by atoms with Crippen molar-refractivity contribution in [1.82, 2.24) is 20.2 Å². The summed E-state index contributed by atoms with van der Waals surface area (Å²) in [6, 6.07) is 20.8. The lowest BCUT2D eigenvalue weighted by Gasteiger charge is -2.35. The maximum atomic E-state index is 9.48. The smallest absolute Gasteiger partial charge is 0.191 e. The van der Waals surface area contributed by atoms with E-state index in [1.165, 1.54) is 5.56 Å². The van der Waals surface area contributed by atoms with Gasteiger partial charge in [0.25, 0.3) is 0 Å². The molecule has 1 aromatic heterocycles. The molecule has 1 atom stereocenters. The number of para-hydroxylation sites is 1. The highest BCUT2D eigenvalue weighted by atomic mass is 127. The van der Waals surface area contributed by atoms with E-state index >= 15 is 0 Å². The van der Waals surface area contributed by atoms with Crippen LogP contribution < -0.4 is 15.5 Å². The van der Waals surface area contributed by atoms with Crippen LogP contribution in [0.2, 0.25) is 0 Å². The molecule has 2 heterocycles. The predicted octanol–water partition coefficient (Wildman–Crippen LogP) is 4.15. The Morgan fingerprint density at radius 1 is 1.18 bits per heavy atom. The minimum Gasteiger partial charge on any atom is -0.368 e. The maximum absolute atomic E-state index is 9.48. The number of piperidine rings is 1. The second kappa shape index (κ2) is 13.0. The van der Waals surface area contributed by atoms with Crippen molar-refractivity contribution in [3.8, 4) is 6.07 Å². The van der Waals surface area contributed by atoms with Gasteiger partial charge in [0, 0.05) is 44.6 Å². The number of benzene rings is 2. The fourth-order valence-electron chi connectivity index (χ4n) is 4.24. The van der Waals surface area contributed by atoms with Crippen molar-refractivity contribution in [2.45, 2.75) is 38.9 Å². The highest BCUT2D eigenvalue weighted by Crippen LogP contribution is 2.23. The van der Waals surface area contributed by atoms with Gasteiger partial charge >= 0.3 is 0 Å². The molecule has 8 heteroatoms. The SMILES string of the molecule is CCNC(=NCc1nccn1Cc1ccccc1)NC1CCCN(c2ccccc2C#N)C1.I. The monoisotopic (exact) mass is 569 g/mol. The molecule has 1 aliphatic rings. The Kier molecular flexibility index (Phi) is 9.76. The van der Waals surface area contributed by atoms with Crippen LogP contribution in [0, 0.1) is 11.3 Å². The largest absolute Gasteiger partial charge is 0.368 e. The first kappa shape index (κ1) is 25.6. The van der Waals surface area contributed by atoms with Crippen LogP contribution in [0.25, 0.3) is 0 Å². The van der Waals surface area contributed by atoms with Crippen LogP contribution in [-0.4, -0.2) is 41.2 Å². The fourth-order valence-corrected chi connectivity index (χ4v) is 4.24. The van der Waals surface area contributed by atoms with Gasteiger partial charge in [-0.15, -0.1) is 24.0 Å². The second-order valence-electron chi connectivity index (χ2n) is 8.21. The van der Waals surface area contributed by atoms with Gasteiger partial charge in [0.1, 0.15) is 18.4 Å². The zero-order chi connectivity index (χ0) is 22.9. The molecular formula is C26H32IN7. The number of rotatable bonds is 7. The van der Waals surface area contributed by atoms with Crippen molar-refractivity contribution in [3.63, 3.8) is 0 Å². The number of nitrogens with zero attached hydrogens (tertiary/aromatic N) is 5. The quantitative estimate of drug-likeness (QED) is 0.254. The number of aliphatic imine (C=N–C) groups is 1. The number of hydrogen-bond acceptors (Lipinski definition) is 4. The second-order valence-corrected chi connectivity index (χ2v) is 8.21. The molecule has 1 fully saturated rings. The summed E-state index contributed by atoms with van der Waals surface area (Å²) in [7, 11) is 0. The van der Waals surface area contributed by atoms with E-state index in [9.17, 15) is 5.26 Å². The van der Waals surface area contributed by atoms with E-state index in [4.69, 9.17) is 4.99 Å². The van der Waals surface area contributed by atoms with Crippen LogP contribution in [0.4, 0.5) is 5.69 Å². The van der Waals surface area contributed by atoms with Crippen molar-refractivity contribution < 1.29 is 0 Å². The van der Waals surface area contributed by atoms with E-state index in [0.717, 1.165) is 62.1 Å².